The molecule has 2 aliphatic heterocycles. The van der Waals surface area contributed by atoms with Crippen molar-refractivity contribution in [3.05, 3.63) is 95.6 Å². The van der Waals surface area contributed by atoms with Crippen molar-refractivity contribution in [1.29, 1.82) is 0 Å². The number of piperazine rings is 1. The minimum absolute atomic E-state index is 0.00631. The highest BCUT2D eigenvalue weighted by Crippen LogP contribution is 2.44. The SMILES string of the molecule is O=C(O)CC(NC(=O)OCC1c2ccccc2-c2ccccc21)C(=O)N1CC2CC1CN2Cc1ccccc1. The van der Waals surface area contributed by atoms with E-state index in [9.17, 15) is 19.5 Å². The Balaban J connectivity index is 1.08. The van der Waals surface area contributed by atoms with E-state index >= 15 is 0 Å². The fraction of sp³-hybridized carbons (Fsp3) is 0.323. The zero-order valence-corrected chi connectivity index (χ0v) is 21.5. The van der Waals surface area contributed by atoms with Crippen molar-refractivity contribution >= 4 is 18.0 Å². The van der Waals surface area contributed by atoms with Crippen LogP contribution in [0.2, 0.25) is 0 Å². The van der Waals surface area contributed by atoms with E-state index in [2.05, 4.69) is 34.5 Å². The Labute approximate surface area is 227 Å². The lowest BCUT2D eigenvalue weighted by Crippen LogP contribution is -2.55. The molecule has 3 aliphatic rings. The van der Waals surface area contributed by atoms with E-state index in [4.69, 9.17) is 4.74 Å². The second kappa shape index (κ2) is 10.5. The summed E-state index contributed by atoms with van der Waals surface area (Å²) in [5, 5.41) is 12.0. The molecule has 2 bridgehead atoms. The molecule has 0 radical (unpaired) electrons. The zero-order chi connectivity index (χ0) is 26.9. The highest BCUT2D eigenvalue weighted by atomic mass is 16.5. The van der Waals surface area contributed by atoms with Gasteiger partial charge in [0.2, 0.25) is 5.91 Å². The Morgan fingerprint density at radius 1 is 0.872 bits per heavy atom. The first-order valence-corrected chi connectivity index (χ1v) is 13.4. The van der Waals surface area contributed by atoms with Crippen molar-refractivity contribution in [2.75, 3.05) is 19.7 Å². The van der Waals surface area contributed by atoms with Crippen LogP contribution in [0.4, 0.5) is 4.79 Å². The van der Waals surface area contributed by atoms with Crippen molar-refractivity contribution in [3.63, 3.8) is 0 Å². The number of carboxylic acids is 1. The summed E-state index contributed by atoms with van der Waals surface area (Å²) < 4.78 is 5.59. The molecule has 200 valence electrons. The number of nitrogens with one attached hydrogen (secondary N) is 1. The van der Waals surface area contributed by atoms with E-state index in [1.54, 1.807) is 4.90 Å². The molecular weight excluding hydrogens is 494 g/mol. The number of nitrogens with zero attached hydrogens (tertiary/aromatic N) is 2. The molecule has 2 fully saturated rings. The van der Waals surface area contributed by atoms with Crippen LogP contribution < -0.4 is 5.32 Å². The number of ether oxygens (including phenoxy) is 1. The zero-order valence-electron chi connectivity index (χ0n) is 21.5. The molecule has 3 aromatic carbocycles. The molecule has 0 aromatic heterocycles. The number of hydrogen-bond acceptors (Lipinski definition) is 5. The van der Waals surface area contributed by atoms with Crippen LogP contribution in [0.25, 0.3) is 11.1 Å². The van der Waals surface area contributed by atoms with E-state index < -0.39 is 24.5 Å². The molecule has 2 heterocycles. The van der Waals surface area contributed by atoms with Gasteiger partial charge in [-0.2, -0.15) is 0 Å². The second-order valence-corrected chi connectivity index (χ2v) is 10.6. The van der Waals surface area contributed by atoms with E-state index in [0.717, 1.165) is 41.8 Å². The van der Waals surface area contributed by atoms with Gasteiger partial charge in [-0.3, -0.25) is 14.5 Å². The normalized spacial score (nSPS) is 20.4. The van der Waals surface area contributed by atoms with Gasteiger partial charge in [0.1, 0.15) is 12.6 Å². The van der Waals surface area contributed by atoms with Gasteiger partial charge in [0, 0.05) is 37.6 Å². The third-order valence-electron chi connectivity index (χ3n) is 8.18. The molecule has 3 aromatic rings. The Bertz CT molecular complexity index is 1350. The average molecular weight is 526 g/mol. The molecule has 1 aliphatic carbocycles. The minimum atomic E-state index is -1.18. The fourth-order valence-electron chi connectivity index (χ4n) is 6.39. The third-order valence-corrected chi connectivity index (χ3v) is 8.18. The highest BCUT2D eigenvalue weighted by molar-refractivity contribution is 5.90. The van der Waals surface area contributed by atoms with Crippen molar-refractivity contribution in [3.8, 4) is 11.1 Å². The summed E-state index contributed by atoms with van der Waals surface area (Å²) >= 11 is 0. The molecule has 2 saturated heterocycles. The molecule has 3 unspecified atom stereocenters. The maximum absolute atomic E-state index is 13.4. The highest BCUT2D eigenvalue weighted by Gasteiger charge is 2.46. The third kappa shape index (κ3) is 5.00. The first-order chi connectivity index (χ1) is 19.0. The quantitative estimate of drug-likeness (QED) is 0.464. The minimum Gasteiger partial charge on any atom is -0.481 e. The lowest BCUT2D eigenvalue weighted by molar-refractivity contribution is -0.143. The topological polar surface area (TPSA) is 99.2 Å². The number of amides is 2. The molecule has 6 rings (SSSR count). The number of carbonyl (C=O) groups excluding carboxylic acids is 2. The second-order valence-electron chi connectivity index (χ2n) is 10.6. The van der Waals surface area contributed by atoms with Crippen LogP contribution in [0.1, 0.15) is 35.4 Å². The monoisotopic (exact) mass is 525 g/mol. The summed E-state index contributed by atoms with van der Waals surface area (Å²) in [5.41, 5.74) is 5.62. The van der Waals surface area contributed by atoms with E-state index in [1.807, 2.05) is 54.6 Å². The van der Waals surface area contributed by atoms with Crippen molar-refractivity contribution in [2.24, 2.45) is 0 Å². The largest absolute Gasteiger partial charge is 0.481 e. The van der Waals surface area contributed by atoms with Gasteiger partial charge in [-0.1, -0.05) is 78.9 Å². The van der Waals surface area contributed by atoms with Gasteiger partial charge in [-0.25, -0.2) is 4.79 Å². The number of benzene rings is 3. The van der Waals surface area contributed by atoms with Crippen molar-refractivity contribution < 1.29 is 24.2 Å². The Morgan fingerprint density at radius 3 is 2.13 bits per heavy atom. The van der Waals surface area contributed by atoms with Gasteiger partial charge >= 0.3 is 12.1 Å². The molecule has 39 heavy (non-hydrogen) atoms. The summed E-state index contributed by atoms with van der Waals surface area (Å²) in [7, 11) is 0. The predicted octanol–water partition coefficient (Wildman–Crippen LogP) is 3.85. The Morgan fingerprint density at radius 2 is 1.51 bits per heavy atom. The number of likely N-dealkylation sites (tertiary alicyclic amines) is 2. The number of carbonyl (C=O) groups is 3. The van der Waals surface area contributed by atoms with E-state index in [-0.39, 0.29) is 30.5 Å². The van der Waals surface area contributed by atoms with Gasteiger partial charge in [0.15, 0.2) is 0 Å². The van der Waals surface area contributed by atoms with Gasteiger partial charge < -0.3 is 20.1 Å². The number of carboxylic acid groups (broad SMARTS) is 1. The maximum Gasteiger partial charge on any atom is 0.407 e. The first kappa shape index (κ1) is 25.1. The smallest absolute Gasteiger partial charge is 0.407 e. The summed E-state index contributed by atoms with van der Waals surface area (Å²) in [6.45, 7) is 2.17. The van der Waals surface area contributed by atoms with Crippen LogP contribution >= 0.6 is 0 Å². The maximum atomic E-state index is 13.4. The predicted molar refractivity (Wildman–Crippen MR) is 145 cm³/mol. The van der Waals surface area contributed by atoms with Crippen LogP contribution in [0.3, 0.4) is 0 Å². The van der Waals surface area contributed by atoms with Crippen LogP contribution in [0.15, 0.2) is 78.9 Å². The van der Waals surface area contributed by atoms with Crippen LogP contribution in [-0.2, 0) is 20.9 Å². The number of rotatable bonds is 8. The van der Waals surface area contributed by atoms with Gasteiger partial charge in [0.25, 0.3) is 0 Å². The lowest BCUT2D eigenvalue weighted by Gasteiger charge is -2.36. The molecule has 3 atom stereocenters. The lowest BCUT2D eigenvalue weighted by atomic mass is 9.98. The molecule has 8 nitrogen and oxygen atoms in total. The molecule has 2 N–H and O–H groups in total. The number of hydrogen-bond donors (Lipinski definition) is 2. The Kier molecular flexibility index (Phi) is 6.79. The van der Waals surface area contributed by atoms with Crippen LogP contribution in [-0.4, -0.2) is 70.7 Å². The number of alkyl carbamates (subject to hydrolysis) is 1. The molecule has 2 amide bonds. The molecule has 0 spiro atoms. The summed E-state index contributed by atoms with van der Waals surface area (Å²) in [5.74, 6) is -1.64. The number of fused-ring (bicyclic) bond motifs is 5. The fourth-order valence-corrected chi connectivity index (χ4v) is 6.39. The Hall–Kier alpha value is -4.17. The van der Waals surface area contributed by atoms with Gasteiger partial charge in [-0.15, -0.1) is 0 Å². The van der Waals surface area contributed by atoms with E-state index in [1.165, 1.54) is 5.56 Å². The standard InChI is InChI=1S/C31H31N3O5/c35-29(36)15-28(30(37)34-18-21-14-22(34)17-33(21)16-20-8-2-1-3-9-20)32-31(38)39-19-27-25-12-6-4-10-23(25)24-11-5-7-13-26(24)27/h1-13,21-22,27-28H,14-19H2,(H,32,38)(H,35,36). The van der Waals surface area contributed by atoms with E-state index in [0.29, 0.717) is 6.54 Å². The summed E-state index contributed by atoms with van der Waals surface area (Å²) in [6, 6.07) is 25.3. The van der Waals surface area contributed by atoms with Crippen molar-refractivity contribution in [1.82, 2.24) is 15.1 Å². The average Bonchev–Trinajstić information content (AvgIpc) is 3.63. The van der Waals surface area contributed by atoms with Crippen molar-refractivity contribution in [2.45, 2.75) is 43.4 Å². The van der Waals surface area contributed by atoms with Crippen LogP contribution in [0, 0.1) is 0 Å². The number of aliphatic carboxylic acids is 1. The summed E-state index contributed by atoms with van der Waals surface area (Å²) in [4.78, 5) is 42.0. The van der Waals surface area contributed by atoms with Crippen LogP contribution in [0.5, 0.6) is 0 Å². The molecule has 8 heteroatoms. The molecular formula is C31H31N3O5. The van der Waals surface area contributed by atoms with Gasteiger partial charge in [-0.05, 0) is 34.2 Å². The van der Waals surface area contributed by atoms with Gasteiger partial charge in [0.05, 0.1) is 6.42 Å². The summed E-state index contributed by atoms with van der Waals surface area (Å²) in [6.07, 6.45) is -0.431. The first-order valence-electron chi connectivity index (χ1n) is 13.4. The molecule has 0 saturated carbocycles.